The van der Waals surface area contributed by atoms with E-state index in [2.05, 4.69) is 0 Å². The molecule has 8 heteroatoms. The summed E-state index contributed by atoms with van der Waals surface area (Å²) in [6, 6.07) is 9.91. The summed E-state index contributed by atoms with van der Waals surface area (Å²) < 4.78 is 46.8. The highest BCUT2D eigenvalue weighted by molar-refractivity contribution is 5.81. The van der Waals surface area contributed by atoms with Gasteiger partial charge in [-0.3, -0.25) is 4.79 Å². The lowest BCUT2D eigenvalue weighted by atomic mass is 9.91. The van der Waals surface area contributed by atoms with E-state index in [0.29, 0.717) is 18.5 Å². The van der Waals surface area contributed by atoms with Gasteiger partial charge in [-0.15, -0.1) is 0 Å². The quantitative estimate of drug-likeness (QED) is 0.841. The molecule has 0 bridgehead atoms. The second-order valence-electron chi connectivity index (χ2n) is 7.03. The summed E-state index contributed by atoms with van der Waals surface area (Å²) in [6.07, 6.45) is -5.00. The van der Waals surface area contributed by atoms with Crippen LogP contribution in [0.3, 0.4) is 0 Å². The van der Waals surface area contributed by atoms with Crippen LogP contribution in [0.25, 0.3) is 11.1 Å². The van der Waals surface area contributed by atoms with Gasteiger partial charge in [0.2, 0.25) is 5.60 Å². The van der Waals surface area contributed by atoms with E-state index in [0.717, 1.165) is 6.07 Å². The Bertz CT molecular complexity index is 930. The van der Waals surface area contributed by atoms with Gasteiger partial charge in [-0.05, 0) is 29.7 Å². The van der Waals surface area contributed by atoms with Gasteiger partial charge < -0.3 is 19.8 Å². The number of hydrogen-bond acceptors (Lipinski definition) is 4. The maximum atomic E-state index is 13.8. The molecule has 1 saturated heterocycles. The Morgan fingerprint density at radius 2 is 1.89 bits per heavy atom. The van der Waals surface area contributed by atoms with Gasteiger partial charge in [0.25, 0.3) is 5.91 Å². The minimum absolute atomic E-state index is 0.0577. The molecule has 2 N–H and O–H groups in total. The third-order valence-electron chi connectivity index (χ3n) is 5.28. The van der Waals surface area contributed by atoms with Gasteiger partial charge in [-0.2, -0.15) is 13.2 Å². The molecule has 1 amide bonds. The number of amides is 1. The minimum Gasteiger partial charge on any atom is -0.484 e. The van der Waals surface area contributed by atoms with Gasteiger partial charge >= 0.3 is 6.18 Å². The van der Waals surface area contributed by atoms with Gasteiger partial charge in [-0.25, -0.2) is 0 Å². The van der Waals surface area contributed by atoms with Crippen LogP contribution in [0.1, 0.15) is 17.5 Å². The molecule has 2 aromatic rings. The fourth-order valence-electron chi connectivity index (χ4n) is 3.84. The molecule has 0 saturated carbocycles. The molecule has 4 rings (SSSR count). The fourth-order valence-corrected chi connectivity index (χ4v) is 3.84. The van der Waals surface area contributed by atoms with Crippen molar-refractivity contribution in [3.05, 3.63) is 53.6 Å². The summed E-state index contributed by atoms with van der Waals surface area (Å²) >= 11 is 0. The van der Waals surface area contributed by atoms with Crippen LogP contribution in [0.5, 0.6) is 5.75 Å². The second-order valence-corrected chi connectivity index (χ2v) is 7.03. The van der Waals surface area contributed by atoms with E-state index in [1.54, 1.807) is 6.07 Å². The average molecular weight is 393 g/mol. The smallest absolute Gasteiger partial charge is 0.425 e. The summed E-state index contributed by atoms with van der Waals surface area (Å²) in [7, 11) is 0. The number of nitrogens with zero attached hydrogens (tertiary/aromatic N) is 1. The molecule has 2 aromatic carbocycles. The van der Waals surface area contributed by atoms with Crippen molar-refractivity contribution in [3.63, 3.8) is 0 Å². The molecule has 1 aliphatic heterocycles. The van der Waals surface area contributed by atoms with Crippen LogP contribution in [0.15, 0.2) is 42.5 Å². The molecular weight excluding hydrogens is 375 g/mol. The minimum atomic E-state index is -4.92. The predicted octanol–water partition coefficient (Wildman–Crippen LogP) is 2.44. The number of aliphatic hydroxyl groups excluding tert-OH is 1. The van der Waals surface area contributed by atoms with Crippen molar-refractivity contribution >= 4 is 5.91 Å². The lowest BCUT2D eigenvalue weighted by molar-refractivity contribution is -0.246. The number of halogens is 3. The molecule has 1 aliphatic carbocycles. The number of β-amino-alcohol motifs (C(OH)–C–C–N with tert-alkyl or cyclic N) is 1. The number of hydrogen-bond donors (Lipinski definition) is 2. The molecule has 28 heavy (non-hydrogen) atoms. The first-order chi connectivity index (χ1) is 13.2. The molecular formula is C20H18F3NO4. The lowest BCUT2D eigenvalue weighted by Crippen LogP contribution is -2.41. The summed E-state index contributed by atoms with van der Waals surface area (Å²) in [5, 5.41) is 20.1. The molecule has 1 heterocycles. The Kier molecular flexibility index (Phi) is 4.35. The molecule has 5 nitrogen and oxygen atoms in total. The highest BCUT2D eigenvalue weighted by atomic mass is 19.4. The van der Waals surface area contributed by atoms with Crippen molar-refractivity contribution in [2.75, 3.05) is 19.7 Å². The Labute approximate surface area is 159 Å². The number of rotatable bonds is 3. The number of likely N-dealkylation sites (tertiary alicyclic amines) is 1. The largest absolute Gasteiger partial charge is 0.484 e. The van der Waals surface area contributed by atoms with Gasteiger partial charge in [0, 0.05) is 24.2 Å². The van der Waals surface area contributed by atoms with E-state index in [1.165, 1.54) is 35.2 Å². The summed E-state index contributed by atoms with van der Waals surface area (Å²) in [6.45, 7) is 0.273. The van der Waals surface area contributed by atoms with E-state index in [1.807, 2.05) is 0 Å². The highest BCUT2D eigenvalue weighted by Crippen LogP contribution is 2.55. The summed E-state index contributed by atoms with van der Waals surface area (Å²) in [5.74, 6) is -0.297. The zero-order valence-electron chi connectivity index (χ0n) is 14.7. The second kappa shape index (κ2) is 6.49. The van der Waals surface area contributed by atoms with Crippen molar-refractivity contribution in [1.82, 2.24) is 4.90 Å². The number of benzene rings is 2. The fraction of sp³-hybridized carbons (Fsp3) is 0.350. The van der Waals surface area contributed by atoms with Crippen LogP contribution in [0.4, 0.5) is 13.2 Å². The first kappa shape index (κ1) is 18.8. The van der Waals surface area contributed by atoms with Gasteiger partial charge in [0.1, 0.15) is 5.75 Å². The number of carbonyl (C=O) groups is 1. The standard InChI is InChI=1S/C20H18F3NO4/c21-20(22,23)19(27)16-4-2-1-3-14(16)15-6-5-13(9-17(15)19)28-11-18(26)24-8-7-12(25)10-24/h1-6,9,12,25,27H,7-8,10-11H2/t12-,19?/m1/s1. The van der Waals surface area contributed by atoms with Crippen molar-refractivity contribution in [2.24, 2.45) is 0 Å². The van der Waals surface area contributed by atoms with Crippen molar-refractivity contribution in [1.29, 1.82) is 0 Å². The van der Waals surface area contributed by atoms with Gasteiger partial charge in [0.15, 0.2) is 6.61 Å². The number of carbonyl (C=O) groups excluding carboxylic acids is 1. The van der Waals surface area contributed by atoms with Crippen LogP contribution in [-0.4, -0.2) is 53.0 Å². The van der Waals surface area contributed by atoms with Gasteiger partial charge in [-0.1, -0.05) is 30.3 Å². The van der Waals surface area contributed by atoms with E-state index >= 15 is 0 Å². The van der Waals surface area contributed by atoms with E-state index in [4.69, 9.17) is 4.74 Å². The lowest BCUT2D eigenvalue weighted by Gasteiger charge is -2.28. The van der Waals surface area contributed by atoms with Crippen LogP contribution >= 0.6 is 0 Å². The molecule has 2 aliphatic rings. The van der Waals surface area contributed by atoms with Crippen molar-refractivity contribution < 1.29 is 32.9 Å². The molecule has 148 valence electrons. The normalized spacial score (nSPS) is 23.5. The molecule has 0 aromatic heterocycles. The maximum Gasteiger partial charge on any atom is 0.425 e. The molecule has 1 unspecified atom stereocenters. The predicted molar refractivity (Wildman–Crippen MR) is 93.6 cm³/mol. The number of ether oxygens (including phenoxy) is 1. The number of fused-ring (bicyclic) bond motifs is 3. The molecule has 2 atom stereocenters. The summed E-state index contributed by atoms with van der Waals surface area (Å²) in [5.41, 5.74) is -3.09. The van der Waals surface area contributed by atoms with Crippen LogP contribution in [0.2, 0.25) is 0 Å². The SMILES string of the molecule is O=C(COc1ccc2c(c1)C(O)(C(F)(F)F)c1ccccc1-2)N1CC[C@@H](O)C1. The third kappa shape index (κ3) is 2.84. The van der Waals surface area contributed by atoms with E-state index < -0.39 is 17.9 Å². The van der Waals surface area contributed by atoms with E-state index in [-0.39, 0.29) is 41.5 Å². The number of aliphatic hydroxyl groups is 2. The molecule has 0 spiro atoms. The summed E-state index contributed by atoms with van der Waals surface area (Å²) in [4.78, 5) is 13.6. The van der Waals surface area contributed by atoms with Crippen LogP contribution < -0.4 is 4.74 Å². The first-order valence-electron chi connectivity index (χ1n) is 8.84. The highest BCUT2D eigenvalue weighted by Gasteiger charge is 2.60. The molecule has 1 fully saturated rings. The third-order valence-corrected chi connectivity index (χ3v) is 5.28. The zero-order valence-corrected chi connectivity index (χ0v) is 14.7. The Balaban J connectivity index is 1.62. The Morgan fingerprint density at radius 1 is 1.18 bits per heavy atom. The van der Waals surface area contributed by atoms with E-state index in [9.17, 15) is 28.2 Å². The average Bonchev–Trinajstić information content (AvgIpc) is 3.20. The van der Waals surface area contributed by atoms with Gasteiger partial charge in [0.05, 0.1) is 6.10 Å². The Morgan fingerprint density at radius 3 is 2.57 bits per heavy atom. The maximum absolute atomic E-state index is 13.8. The van der Waals surface area contributed by atoms with Crippen LogP contribution in [-0.2, 0) is 10.4 Å². The zero-order chi connectivity index (χ0) is 20.1. The monoisotopic (exact) mass is 393 g/mol. The Hall–Kier alpha value is -2.58. The number of alkyl halides is 3. The van der Waals surface area contributed by atoms with Crippen molar-refractivity contribution in [2.45, 2.75) is 24.3 Å². The van der Waals surface area contributed by atoms with Crippen molar-refractivity contribution in [3.8, 4) is 16.9 Å². The first-order valence-corrected chi connectivity index (χ1v) is 8.84. The molecule has 0 radical (unpaired) electrons. The topological polar surface area (TPSA) is 70.0 Å². The van der Waals surface area contributed by atoms with Crippen LogP contribution in [0, 0.1) is 0 Å².